The topological polar surface area (TPSA) is 55.8 Å². The third-order valence-electron chi connectivity index (χ3n) is 5.79. The monoisotopic (exact) mass is 408 g/mol. The SMILES string of the molecule is CCCCC[C@@H](CC(=O)CCc1ccc(O)c(OC)c1)O[Si](C)(C)C(C)(C)C. The predicted octanol–water partition coefficient (Wildman–Crippen LogP) is 6.26. The molecule has 0 aliphatic rings. The molecule has 160 valence electrons. The van der Waals surface area contributed by atoms with Crippen LogP contribution in [0.25, 0.3) is 0 Å². The first-order chi connectivity index (χ1) is 13.0. The van der Waals surface area contributed by atoms with Crippen LogP contribution in [-0.4, -0.2) is 32.4 Å². The average molecular weight is 409 g/mol. The van der Waals surface area contributed by atoms with E-state index < -0.39 is 8.32 Å². The quantitative estimate of drug-likeness (QED) is 0.327. The fourth-order valence-electron chi connectivity index (χ4n) is 2.94. The number of unbranched alkanes of at least 4 members (excludes halogenated alkanes) is 2. The fourth-order valence-corrected chi connectivity index (χ4v) is 4.32. The van der Waals surface area contributed by atoms with Crippen molar-refractivity contribution in [2.45, 2.75) is 96.9 Å². The van der Waals surface area contributed by atoms with Crippen LogP contribution in [-0.2, 0) is 15.6 Å². The summed E-state index contributed by atoms with van der Waals surface area (Å²) >= 11 is 0. The summed E-state index contributed by atoms with van der Waals surface area (Å²) < 4.78 is 11.7. The number of phenolic OH excluding ortho intramolecular Hbond substituents is 1. The summed E-state index contributed by atoms with van der Waals surface area (Å²) in [7, 11) is -0.366. The van der Waals surface area contributed by atoms with Gasteiger partial charge in [-0.2, -0.15) is 0 Å². The van der Waals surface area contributed by atoms with Crippen LogP contribution in [0.5, 0.6) is 11.5 Å². The minimum atomic E-state index is -1.90. The maximum absolute atomic E-state index is 12.7. The number of phenols is 1. The second kappa shape index (κ2) is 11.0. The second-order valence-corrected chi connectivity index (χ2v) is 14.0. The molecule has 5 heteroatoms. The van der Waals surface area contributed by atoms with Crippen molar-refractivity contribution in [2.24, 2.45) is 0 Å². The van der Waals surface area contributed by atoms with E-state index in [1.165, 1.54) is 20.0 Å². The molecule has 28 heavy (non-hydrogen) atoms. The zero-order valence-electron chi connectivity index (χ0n) is 18.9. The second-order valence-electron chi connectivity index (χ2n) is 9.24. The van der Waals surface area contributed by atoms with Crippen LogP contribution in [0, 0.1) is 0 Å². The molecule has 1 aromatic rings. The number of aromatic hydroxyl groups is 1. The van der Waals surface area contributed by atoms with Gasteiger partial charge in [-0.15, -0.1) is 0 Å². The van der Waals surface area contributed by atoms with Crippen molar-refractivity contribution in [2.75, 3.05) is 7.11 Å². The third-order valence-corrected chi connectivity index (χ3v) is 10.3. The number of Topliss-reactive ketones (excluding diaryl/α,β-unsaturated/α-hetero) is 1. The lowest BCUT2D eigenvalue weighted by atomic mass is 10.0. The fraction of sp³-hybridized carbons (Fsp3) is 0.696. The van der Waals surface area contributed by atoms with Crippen LogP contribution >= 0.6 is 0 Å². The molecule has 0 aliphatic carbocycles. The molecule has 0 aromatic heterocycles. The number of carbonyl (C=O) groups is 1. The van der Waals surface area contributed by atoms with Crippen molar-refractivity contribution in [3.05, 3.63) is 23.8 Å². The highest BCUT2D eigenvalue weighted by Crippen LogP contribution is 2.38. The summed E-state index contributed by atoms with van der Waals surface area (Å²) in [5, 5.41) is 9.84. The van der Waals surface area contributed by atoms with Gasteiger partial charge in [0.25, 0.3) is 0 Å². The Morgan fingerprint density at radius 2 is 1.89 bits per heavy atom. The highest BCUT2D eigenvalue weighted by atomic mass is 28.4. The van der Waals surface area contributed by atoms with Gasteiger partial charge in [0.1, 0.15) is 5.78 Å². The van der Waals surface area contributed by atoms with Crippen LogP contribution in [0.15, 0.2) is 18.2 Å². The van der Waals surface area contributed by atoms with Crippen molar-refractivity contribution in [3.8, 4) is 11.5 Å². The van der Waals surface area contributed by atoms with Crippen molar-refractivity contribution < 1.29 is 19.1 Å². The van der Waals surface area contributed by atoms with Gasteiger partial charge in [0, 0.05) is 12.8 Å². The third kappa shape index (κ3) is 7.96. The van der Waals surface area contributed by atoms with E-state index in [2.05, 4.69) is 40.8 Å². The molecule has 0 amide bonds. The molecule has 4 nitrogen and oxygen atoms in total. The number of rotatable bonds is 12. The van der Waals surface area contributed by atoms with Crippen molar-refractivity contribution in [3.63, 3.8) is 0 Å². The van der Waals surface area contributed by atoms with Gasteiger partial charge in [0.15, 0.2) is 19.8 Å². The highest BCUT2D eigenvalue weighted by Gasteiger charge is 2.39. The number of methoxy groups -OCH3 is 1. The minimum absolute atomic E-state index is 0.0225. The Hall–Kier alpha value is -1.33. The molecule has 1 atom stereocenters. The van der Waals surface area contributed by atoms with Gasteiger partial charge in [0.05, 0.1) is 13.2 Å². The van der Waals surface area contributed by atoms with Gasteiger partial charge in [0.2, 0.25) is 0 Å². The Balaban J connectivity index is 2.69. The van der Waals surface area contributed by atoms with E-state index >= 15 is 0 Å². The standard InChI is InChI=1S/C23H40O4Si/c1-8-9-10-11-20(27-28(6,7)23(2,3)4)17-19(24)14-12-18-13-15-21(25)22(16-18)26-5/h13,15-16,20,25H,8-12,14,17H2,1-7H3/t20-/m0/s1. The van der Waals surface area contributed by atoms with E-state index in [0.29, 0.717) is 25.0 Å². The van der Waals surface area contributed by atoms with E-state index in [-0.39, 0.29) is 22.7 Å². The van der Waals surface area contributed by atoms with E-state index in [1.54, 1.807) is 12.1 Å². The maximum Gasteiger partial charge on any atom is 0.192 e. The zero-order valence-corrected chi connectivity index (χ0v) is 19.9. The lowest BCUT2D eigenvalue weighted by molar-refractivity contribution is -0.120. The zero-order chi connectivity index (χ0) is 21.4. The first-order valence-corrected chi connectivity index (χ1v) is 13.5. The Labute approximate surface area is 172 Å². The van der Waals surface area contributed by atoms with Crippen molar-refractivity contribution >= 4 is 14.1 Å². The summed E-state index contributed by atoms with van der Waals surface area (Å²) in [6.45, 7) is 13.4. The number of ether oxygens (including phenoxy) is 1. The average Bonchev–Trinajstić information content (AvgIpc) is 2.59. The minimum Gasteiger partial charge on any atom is -0.504 e. The molecular formula is C23H40O4Si. The Morgan fingerprint density at radius 1 is 1.21 bits per heavy atom. The molecule has 0 saturated heterocycles. The van der Waals surface area contributed by atoms with Gasteiger partial charge in [-0.1, -0.05) is 53.0 Å². The number of benzene rings is 1. The lowest BCUT2D eigenvalue weighted by Crippen LogP contribution is -2.44. The summed E-state index contributed by atoms with van der Waals surface area (Å²) in [6.07, 6.45) is 6.07. The largest absolute Gasteiger partial charge is 0.504 e. The maximum atomic E-state index is 12.7. The molecule has 0 fully saturated rings. The van der Waals surface area contributed by atoms with Crippen LogP contribution in [0.4, 0.5) is 0 Å². The van der Waals surface area contributed by atoms with Gasteiger partial charge in [-0.05, 0) is 48.7 Å². The van der Waals surface area contributed by atoms with Gasteiger partial charge in [-0.25, -0.2) is 0 Å². The molecule has 1 N–H and O–H groups in total. The molecule has 1 rings (SSSR count). The van der Waals surface area contributed by atoms with Crippen LogP contribution < -0.4 is 4.74 Å². The first-order valence-electron chi connectivity index (χ1n) is 10.6. The molecule has 0 unspecified atom stereocenters. The number of hydrogen-bond donors (Lipinski definition) is 1. The molecule has 1 aromatic carbocycles. The Morgan fingerprint density at radius 3 is 2.46 bits per heavy atom. The molecule has 0 heterocycles. The molecule has 0 radical (unpaired) electrons. The van der Waals surface area contributed by atoms with Crippen molar-refractivity contribution in [1.29, 1.82) is 0 Å². The molecular weight excluding hydrogens is 368 g/mol. The normalized spacial score (nSPS) is 13.4. The number of carbonyl (C=O) groups excluding carboxylic acids is 1. The van der Waals surface area contributed by atoms with Crippen molar-refractivity contribution in [1.82, 2.24) is 0 Å². The summed E-state index contributed by atoms with van der Waals surface area (Å²) in [5.41, 5.74) is 0.996. The van der Waals surface area contributed by atoms with E-state index in [9.17, 15) is 9.90 Å². The summed E-state index contributed by atoms with van der Waals surface area (Å²) in [6, 6.07) is 5.26. The summed E-state index contributed by atoms with van der Waals surface area (Å²) in [4.78, 5) is 12.7. The number of aryl methyl sites for hydroxylation is 1. The Bertz CT molecular complexity index is 620. The molecule has 0 aliphatic heterocycles. The number of hydrogen-bond acceptors (Lipinski definition) is 4. The highest BCUT2D eigenvalue weighted by molar-refractivity contribution is 6.74. The van der Waals surface area contributed by atoms with Gasteiger partial charge in [-0.3, -0.25) is 4.79 Å². The van der Waals surface area contributed by atoms with E-state index in [4.69, 9.17) is 9.16 Å². The van der Waals surface area contributed by atoms with Crippen LogP contribution in [0.1, 0.15) is 71.8 Å². The smallest absolute Gasteiger partial charge is 0.192 e. The van der Waals surface area contributed by atoms with E-state index in [1.807, 2.05) is 6.07 Å². The Kier molecular flexibility index (Phi) is 9.71. The van der Waals surface area contributed by atoms with Gasteiger partial charge < -0.3 is 14.3 Å². The van der Waals surface area contributed by atoms with Gasteiger partial charge >= 0.3 is 0 Å². The molecule has 0 spiro atoms. The van der Waals surface area contributed by atoms with E-state index in [0.717, 1.165) is 18.4 Å². The first kappa shape index (κ1) is 24.7. The molecule has 0 saturated carbocycles. The predicted molar refractivity (Wildman–Crippen MR) is 119 cm³/mol. The van der Waals surface area contributed by atoms with Crippen LogP contribution in [0.2, 0.25) is 18.1 Å². The van der Waals surface area contributed by atoms with Crippen LogP contribution in [0.3, 0.4) is 0 Å². The molecule has 0 bridgehead atoms. The summed E-state index contributed by atoms with van der Waals surface area (Å²) in [5.74, 6) is 0.812. The lowest BCUT2D eigenvalue weighted by Gasteiger charge is -2.39. The number of ketones is 1.